The lowest BCUT2D eigenvalue weighted by Crippen LogP contribution is -2.48. The van der Waals surface area contributed by atoms with Crippen molar-refractivity contribution < 1.29 is 19.1 Å². The molecule has 0 spiro atoms. The molecule has 132 valence electrons. The molecule has 1 aromatic rings. The van der Waals surface area contributed by atoms with Gasteiger partial charge < -0.3 is 21.1 Å². The summed E-state index contributed by atoms with van der Waals surface area (Å²) in [4.78, 5) is 35.3. The van der Waals surface area contributed by atoms with Crippen LogP contribution < -0.4 is 16.4 Å². The molecule has 24 heavy (non-hydrogen) atoms. The predicted octanol–water partition coefficient (Wildman–Crippen LogP) is 2.27. The Labute approximate surface area is 141 Å². The van der Waals surface area contributed by atoms with E-state index < -0.39 is 23.6 Å². The van der Waals surface area contributed by atoms with Crippen molar-refractivity contribution in [3.05, 3.63) is 29.8 Å². The summed E-state index contributed by atoms with van der Waals surface area (Å²) in [6.07, 6.45) is -0.652. The molecule has 0 aliphatic heterocycles. The number of benzene rings is 1. The maximum atomic E-state index is 12.4. The quantitative estimate of drug-likeness (QED) is 0.766. The molecule has 7 nitrogen and oxygen atoms in total. The highest BCUT2D eigenvalue weighted by molar-refractivity contribution is 5.98. The molecule has 0 fully saturated rings. The topological polar surface area (TPSA) is 111 Å². The Kier molecular flexibility index (Phi) is 6.34. The third kappa shape index (κ3) is 6.28. The minimum absolute atomic E-state index is 0.137. The summed E-state index contributed by atoms with van der Waals surface area (Å²) < 4.78 is 5.18. The summed E-state index contributed by atoms with van der Waals surface area (Å²) in [5.74, 6) is -1.05. The van der Waals surface area contributed by atoms with E-state index >= 15 is 0 Å². The molecule has 3 amide bonds. The molecule has 7 heteroatoms. The maximum absolute atomic E-state index is 12.4. The molecule has 1 atom stereocenters. The van der Waals surface area contributed by atoms with Crippen LogP contribution in [-0.2, 0) is 9.53 Å². The number of carbonyl (C=O) groups is 3. The Bertz CT molecular complexity index is 603. The van der Waals surface area contributed by atoms with Crippen LogP contribution in [-0.4, -0.2) is 29.6 Å². The van der Waals surface area contributed by atoms with Gasteiger partial charge in [0.25, 0.3) is 0 Å². The molecule has 0 aliphatic rings. The summed E-state index contributed by atoms with van der Waals surface area (Å²) >= 11 is 0. The maximum Gasteiger partial charge on any atom is 0.408 e. The van der Waals surface area contributed by atoms with Crippen molar-refractivity contribution >= 4 is 23.6 Å². The summed E-state index contributed by atoms with van der Waals surface area (Å²) in [6, 6.07) is 5.43. The van der Waals surface area contributed by atoms with E-state index in [9.17, 15) is 14.4 Å². The van der Waals surface area contributed by atoms with Crippen LogP contribution in [0.15, 0.2) is 24.3 Å². The van der Waals surface area contributed by atoms with E-state index in [0.29, 0.717) is 11.3 Å². The Morgan fingerprint density at radius 3 is 2.04 bits per heavy atom. The van der Waals surface area contributed by atoms with E-state index in [4.69, 9.17) is 10.5 Å². The largest absolute Gasteiger partial charge is 0.444 e. The second kappa shape index (κ2) is 7.81. The van der Waals surface area contributed by atoms with Gasteiger partial charge in [0.05, 0.1) is 0 Å². The zero-order valence-corrected chi connectivity index (χ0v) is 14.7. The lowest BCUT2D eigenvalue weighted by atomic mass is 10.0. The molecule has 0 heterocycles. The number of hydrogen-bond donors (Lipinski definition) is 3. The van der Waals surface area contributed by atoms with Crippen LogP contribution in [0.2, 0.25) is 0 Å². The highest BCUT2D eigenvalue weighted by Gasteiger charge is 2.27. The summed E-state index contributed by atoms with van der Waals surface area (Å²) in [5, 5.41) is 5.27. The zero-order chi connectivity index (χ0) is 18.5. The molecule has 0 radical (unpaired) electrons. The van der Waals surface area contributed by atoms with Crippen LogP contribution in [0.25, 0.3) is 0 Å². The number of anilines is 1. The first kappa shape index (κ1) is 19.5. The number of alkyl carbamates (subject to hydrolysis) is 1. The van der Waals surface area contributed by atoms with Crippen molar-refractivity contribution in [3.8, 4) is 0 Å². The van der Waals surface area contributed by atoms with E-state index in [1.807, 2.05) is 13.8 Å². The van der Waals surface area contributed by atoms with Crippen molar-refractivity contribution in [2.75, 3.05) is 5.32 Å². The first-order chi connectivity index (χ1) is 11.0. The molecule has 0 aliphatic carbocycles. The molecule has 0 unspecified atom stereocenters. The third-order valence-corrected chi connectivity index (χ3v) is 3.06. The van der Waals surface area contributed by atoms with Gasteiger partial charge in [0.1, 0.15) is 11.6 Å². The number of hydrogen-bond acceptors (Lipinski definition) is 4. The standard InChI is InChI=1S/C17H25N3O4/c1-10(2)13(20-16(23)24-17(3,4)5)15(22)19-12-8-6-11(7-9-12)14(18)21/h6-10,13H,1-5H3,(H2,18,21)(H,19,22)(H,20,23)/t13-/m0/s1. The van der Waals surface area contributed by atoms with Crippen molar-refractivity contribution in [1.29, 1.82) is 0 Å². The van der Waals surface area contributed by atoms with Gasteiger partial charge in [0.2, 0.25) is 11.8 Å². The van der Waals surface area contributed by atoms with Crippen LogP contribution in [0.1, 0.15) is 45.0 Å². The van der Waals surface area contributed by atoms with Gasteiger partial charge in [0.15, 0.2) is 0 Å². The van der Waals surface area contributed by atoms with E-state index in [-0.39, 0.29) is 11.8 Å². The highest BCUT2D eigenvalue weighted by atomic mass is 16.6. The molecule has 0 saturated heterocycles. The fourth-order valence-corrected chi connectivity index (χ4v) is 1.91. The number of nitrogens with two attached hydrogens (primary N) is 1. The zero-order valence-electron chi connectivity index (χ0n) is 14.7. The second-order valence-corrected chi connectivity index (χ2v) is 6.80. The second-order valence-electron chi connectivity index (χ2n) is 6.80. The fraction of sp³-hybridized carbons (Fsp3) is 0.471. The highest BCUT2D eigenvalue weighted by Crippen LogP contribution is 2.13. The normalized spacial score (nSPS) is 12.4. The van der Waals surface area contributed by atoms with Crippen molar-refractivity contribution in [2.24, 2.45) is 11.7 Å². The minimum Gasteiger partial charge on any atom is -0.444 e. The summed E-state index contributed by atoms with van der Waals surface area (Å²) in [5.41, 5.74) is 5.37. The first-order valence-corrected chi connectivity index (χ1v) is 7.70. The van der Waals surface area contributed by atoms with Gasteiger partial charge in [-0.1, -0.05) is 13.8 Å². The van der Waals surface area contributed by atoms with Gasteiger partial charge in [-0.25, -0.2) is 4.79 Å². The SMILES string of the molecule is CC(C)[C@H](NC(=O)OC(C)(C)C)C(=O)Nc1ccc(C(N)=O)cc1. The molecular formula is C17H25N3O4. The third-order valence-electron chi connectivity index (χ3n) is 3.06. The first-order valence-electron chi connectivity index (χ1n) is 7.70. The molecule has 1 rings (SSSR count). The average molecular weight is 335 g/mol. The van der Waals surface area contributed by atoms with Crippen LogP contribution in [0.3, 0.4) is 0 Å². The van der Waals surface area contributed by atoms with E-state index in [1.165, 1.54) is 12.1 Å². The van der Waals surface area contributed by atoms with Crippen molar-refractivity contribution in [3.63, 3.8) is 0 Å². The van der Waals surface area contributed by atoms with E-state index in [2.05, 4.69) is 10.6 Å². The van der Waals surface area contributed by atoms with Gasteiger partial charge >= 0.3 is 6.09 Å². The van der Waals surface area contributed by atoms with Gasteiger partial charge in [-0.05, 0) is 51.0 Å². The number of amides is 3. The Balaban J connectivity index is 2.76. The Morgan fingerprint density at radius 1 is 1.08 bits per heavy atom. The van der Waals surface area contributed by atoms with Crippen LogP contribution in [0.4, 0.5) is 10.5 Å². The molecule has 0 aromatic heterocycles. The van der Waals surface area contributed by atoms with Gasteiger partial charge in [-0.2, -0.15) is 0 Å². The lowest BCUT2D eigenvalue weighted by molar-refractivity contribution is -0.119. The predicted molar refractivity (Wildman–Crippen MR) is 91.6 cm³/mol. The van der Waals surface area contributed by atoms with Gasteiger partial charge in [-0.3, -0.25) is 9.59 Å². The Morgan fingerprint density at radius 2 is 1.62 bits per heavy atom. The summed E-state index contributed by atoms with van der Waals surface area (Å²) in [6.45, 7) is 8.88. The average Bonchev–Trinajstić information content (AvgIpc) is 2.43. The molecular weight excluding hydrogens is 310 g/mol. The molecule has 1 aromatic carbocycles. The number of ether oxygens (including phenoxy) is 1. The molecule has 0 bridgehead atoms. The van der Waals surface area contributed by atoms with E-state index in [1.54, 1.807) is 32.9 Å². The van der Waals surface area contributed by atoms with Gasteiger partial charge in [-0.15, -0.1) is 0 Å². The van der Waals surface area contributed by atoms with Crippen molar-refractivity contribution in [2.45, 2.75) is 46.3 Å². The van der Waals surface area contributed by atoms with Crippen molar-refractivity contribution in [1.82, 2.24) is 5.32 Å². The van der Waals surface area contributed by atoms with E-state index in [0.717, 1.165) is 0 Å². The molecule has 4 N–H and O–H groups in total. The Hall–Kier alpha value is -2.57. The molecule has 0 saturated carbocycles. The number of nitrogens with one attached hydrogen (secondary N) is 2. The van der Waals surface area contributed by atoms with Crippen LogP contribution in [0.5, 0.6) is 0 Å². The van der Waals surface area contributed by atoms with Gasteiger partial charge in [0, 0.05) is 11.3 Å². The number of primary amides is 1. The smallest absolute Gasteiger partial charge is 0.408 e. The summed E-state index contributed by atoms with van der Waals surface area (Å²) in [7, 11) is 0. The van der Waals surface area contributed by atoms with Crippen LogP contribution in [0, 0.1) is 5.92 Å². The number of carbonyl (C=O) groups excluding carboxylic acids is 3. The monoisotopic (exact) mass is 335 g/mol. The van der Waals surface area contributed by atoms with Crippen LogP contribution >= 0.6 is 0 Å². The number of rotatable bonds is 5. The fourth-order valence-electron chi connectivity index (χ4n) is 1.91. The minimum atomic E-state index is -0.754. The lowest BCUT2D eigenvalue weighted by Gasteiger charge is -2.25.